The third-order valence-electron chi connectivity index (χ3n) is 19.7. The van der Waals surface area contributed by atoms with Gasteiger partial charge in [0.2, 0.25) is 11.8 Å². The summed E-state index contributed by atoms with van der Waals surface area (Å²) in [5, 5.41) is 25.2. The monoisotopic (exact) mass is 1120 g/mol. The largest absolute Gasteiger partial charge is 0.391 e. The van der Waals surface area contributed by atoms with E-state index in [1.165, 1.54) is 23.2 Å². The number of ether oxygens (including phenoxy) is 1. The zero-order valence-corrected chi connectivity index (χ0v) is 47.9. The highest BCUT2D eigenvalue weighted by atomic mass is 35.5. The second-order valence-electron chi connectivity index (χ2n) is 24.7. The van der Waals surface area contributed by atoms with Crippen molar-refractivity contribution in [1.29, 1.82) is 0 Å². The van der Waals surface area contributed by atoms with Gasteiger partial charge in [0.15, 0.2) is 0 Å². The van der Waals surface area contributed by atoms with Crippen LogP contribution < -0.4 is 10.9 Å². The molecular weight excluding hydrogens is 1040 g/mol. The Labute approximate surface area is 478 Å². The number of thiazole rings is 1. The third-order valence-corrected chi connectivity index (χ3v) is 21.0. The van der Waals surface area contributed by atoms with Crippen LogP contribution in [0.2, 0.25) is 5.02 Å². The minimum Gasteiger partial charge on any atom is -0.391 e. The zero-order chi connectivity index (χ0) is 54.5. The average Bonchev–Trinajstić information content (AvgIpc) is 4.34. The van der Waals surface area contributed by atoms with Crippen molar-refractivity contribution in [2.24, 2.45) is 11.8 Å². The van der Waals surface area contributed by atoms with Crippen LogP contribution >= 0.6 is 22.9 Å². The number of fused-ring (bicyclic) bond motifs is 7. The first kappa shape index (κ1) is 53.9. The Morgan fingerprint density at radius 2 is 1.66 bits per heavy atom. The molecule has 6 fully saturated rings. The molecule has 4 aliphatic heterocycles. The van der Waals surface area contributed by atoms with Gasteiger partial charge < -0.3 is 25.0 Å². The Kier molecular flexibility index (Phi) is 15.6. The highest BCUT2D eigenvalue weighted by molar-refractivity contribution is 7.13. The number of aliphatic hydroxyl groups is 1. The minimum absolute atomic E-state index is 0.0639. The molecule has 3 saturated carbocycles. The summed E-state index contributed by atoms with van der Waals surface area (Å²) in [5.41, 5.74) is 10.1. The number of benzene rings is 3. The topological polar surface area (TPSA) is 164 Å². The minimum atomic E-state index is -0.811. The van der Waals surface area contributed by atoms with Crippen molar-refractivity contribution >= 4 is 45.7 Å². The van der Waals surface area contributed by atoms with Crippen LogP contribution in [0.25, 0.3) is 27.0 Å². The quantitative estimate of drug-likeness (QED) is 0.113. The molecule has 422 valence electrons. The van der Waals surface area contributed by atoms with Crippen molar-refractivity contribution < 1.29 is 19.4 Å². The van der Waals surface area contributed by atoms with Gasteiger partial charge in [-0.15, -0.1) is 16.4 Å². The van der Waals surface area contributed by atoms with E-state index in [0.29, 0.717) is 42.0 Å². The second-order valence-corrected chi connectivity index (χ2v) is 25.9. The zero-order valence-electron chi connectivity index (χ0n) is 46.3. The molecule has 5 atom stereocenters. The summed E-state index contributed by atoms with van der Waals surface area (Å²) in [6, 6.07) is 19.6. The fourth-order valence-corrected chi connectivity index (χ4v) is 16.6. The van der Waals surface area contributed by atoms with Gasteiger partial charge in [-0.1, -0.05) is 97.8 Å². The van der Waals surface area contributed by atoms with Gasteiger partial charge in [0.1, 0.15) is 17.9 Å². The number of carbonyl (C=O) groups is 2. The van der Waals surface area contributed by atoms with Crippen LogP contribution in [0.5, 0.6) is 0 Å². The van der Waals surface area contributed by atoms with Crippen molar-refractivity contribution in [2.45, 2.75) is 158 Å². The van der Waals surface area contributed by atoms with Crippen molar-refractivity contribution in [2.75, 3.05) is 59.0 Å². The predicted molar refractivity (Wildman–Crippen MR) is 312 cm³/mol. The number of hydrogen-bond acceptors (Lipinski definition) is 12. The summed E-state index contributed by atoms with van der Waals surface area (Å²) in [4.78, 5) is 60.6. The van der Waals surface area contributed by atoms with Gasteiger partial charge in [-0.05, 0) is 136 Å². The number of nitrogens with one attached hydrogen (secondary N) is 1. The third kappa shape index (κ3) is 10.5. The molecule has 2 N–H and O–H groups in total. The molecule has 2 unspecified atom stereocenters. The Morgan fingerprint density at radius 1 is 0.875 bits per heavy atom. The number of aryl methyl sites for hydroxylation is 1. The number of hydrogen-bond donors (Lipinski definition) is 2. The Morgan fingerprint density at radius 3 is 2.44 bits per heavy atom. The number of nitrogens with zero attached hydrogens (tertiary/aromatic N) is 9. The lowest BCUT2D eigenvalue weighted by atomic mass is 9.69. The van der Waals surface area contributed by atoms with E-state index in [1.807, 2.05) is 35.4 Å². The van der Waals surface area contributed by atoms with Gasteiger partial charge in [-0.25, -0.2) is 9.67 Å². The maximum atomic E-state index is 15.2. The molecule has 7 heterocycles. The summed E-state index contributed by atoms with van der Waals surface area (Å²) in [7, 11) is 0. The van der Waals surface area contributed by atoms with Crippen LogP contribution in [-0.4, -0.2) is 132 Å². The molecule has 0 radical (unpaired) electrons. The van der Waals surface area contributed by atoms with Gasteiger partial charge in [0.05, 0.1) is 74.2 Å². The number of likely N-dealkylation sites (tertiary alicyclic amines) is 2. The first-order valence-corrected chi connectivity index (χ1v) is 31.4. The van der Waals surface area contributed by atoms with E-state index in [-0.39, 0.29) is 53.6 Å². The molecule has 13 rings (SSSR count). The number of amides is 2. The standard InChI is InChI=1S/C63H77ClN10O5S/c1-40-58(80-39-65-40)45-21-19-42(20-22-45)51(37-70-28-30-79-31-29-70)66-59(76)55-33-48(75)36-72(55)61(78)57(44-10-4-2-5-11-44)73-38-52(68-69-73)43-17-15-41(16-18-43)34-71-27-9-12-47(35-71)46-23-24-49-54(32-46)74-53-14-8-13-50(64)56(53)60(77)67-62(74)63(49)25-6-3-7-26-63/h8,13-14,19-24,32,38-39,41,43-44,47-48,51,55,57,75H,2-7,9-12,15-18,25-31,33-37H2,1H3,(H,66,76)/t41?,43?,47?,48-,51?,55+,57+/m1/s1. The van der Waals surface area contributed by atoms with Crippen molar-refractivity contribution in [3.63, 3.8) is 0 Å². The van der Waals surface area contributed by atoms with E-state index in [1.54, 1.807) is 22.3 Å². The molecule has 3 aromatic heterocycles. The lowest BCUT2D eigenvalue weighted by Crippen LogP contribution is -2.51. The van der Waals surface area contributed by atoms with Crippen molar-refractivity contribution in [3.05, 3.63) is 122 Å². The number of rotatable bonds is 13. The van der Waals surface area contributed by atoms with E-state index < -0.39 is 18.2 Å². The molecule has 17 heteroatoms. The molecule has 15 nitrogen and oxygen atoms in total. The SMILES string of the molecule is Cc1ncsc1-c1ccc(C(CN2CCOCC2)NC(=O)[C@@H]2C[C@@H](O)CN2C(=O)[C@H](C2CCCCC2)n2cc(C3CCC(CN4CCCC(c5ccc6c(c5)-n5c(nc(=O)c7c(Cl)cccc75)C65CCCCC5)C4)CC3)nn2)cc1. The molecule has 3 aliphatic carbocycles. The van der Waals surface area contributed by atoms with E-state index in [2.05, 4.69) is 67.1 Å². The van der Waals surface area contributed by atoms with Gasteiger partial charge >= 0.3 is 0 Å². The van der Waals surface area contributed by atoms with Crippen molar-refractivity contribution in [1.82, 2.24) is 49.5 Å². The fraction of sp³-hybridized carbons (Fsp3) is 0.571. The number of aliphatic hydroxyl groups excluding tert-OH is 1. The predicted octanol–water partition coefficient (Wildman–Crippen LogP) is 10.1. The first-order chi connectivity index (χ1) is 39.1. The van der Waals surface area contributed by atoms with Gasteiger partial charge in [0, 0.05) is 57.8 Å². The number of morpholine rings is 1. The highest BCUT2D eigenvalue weighted by Crippen LogP contribution is 2.52. The molecule has 6 aromatic rings. The van der Waals surface area contributed by atoms with E-state index in [4.69, 9.17) is 31.6 Å². The second kappa shape index (κ2) is 23.1. The van der Waals surface area contributed by atoms with Crippen molar-refractivity contribution in [3.8, 4) is 16.1 Å². The van der Waals surface area contributed by atoms with E-state index in [9.17, 15) is 14.7 Å². The lowest BCUT2D eigenvalue weighted by molar-refractivity contribution is -0.143. The van der Waals surface area contributed by atoms with Crippen LogP contribution in [0.4, 0.5) is 0 Å². The van der Waals surface area contributed by atoms with Crippen LogP contribution in [0, 0.1) is 18.8 Å². The molecule has 3 aromatic carbocycles. The molecule has 0 bridgehead atoms. The normalized spacial score (nSPS) is 25.4. The summed E-state index contributed by atoms with van der Waals surface area (Å²) < 4.78 is 9.79. The summed E-state index contributed by atoms with van der Waals surface area (Å²) in [6.45, 7) is 8.80. The van der Waals surface area contributed by atoms with E-state index >= 15 is 4.79 Å². The Balaban J connectivity index is 0.674. The lowest BCUT2D eigenvalue weighted by Gasteiger charge is -2.37. The number of carbonyl (C=O) groups excluding carboxylic acids is 2. The molecular formula is C63H77ClN10O5S. The van der Waals surface area contributed by atoms with Crippen LogP contribution in [-0.2, 0) is 19.7 Å². The Bertz CT molecular complexity index is 3260. The highest BCUT2D eigenvalue weighted by Gasteiger charge is 2.48. The van der Waals surface area contributed by atoms with E-state index in [0.717, 1.165) is 168 Å². The number of halogens is 1. The number of aromatic nitrogens is 6. The molecule has 1 spiro atoms. The summed E-state index contributed by atoms with van der Waals surface area (Å²) in [6.07, 6.45) is 18.6. The molecule has 7 aliphatic rings. The van der Waals surface area contributed by atoms with Crippen LogP contribution in [0.3, 0.4) is 0 Å². The smallest absolute Gasteiger partial charge is 0.282 e. The maximum Gasteiger partial charge on any atom is 0.282 e. The summed E-state index contributed by atoms with van der Waals surface area (Å²) >= 11 is 8.32. The van der Waals surface area contributed by atoms with Gasteiger partial charge in [-0.2, -0.15) is 4.98 Å². The first-order valence-electron chi connectivity index (χ1n) is 30.2. The molecule has 80 heavy (non-hydrogen) atoms. The fourth-order valence-electron chi connectivity index (χ4n) is 15.5. The van der Waals surface area contributed by atoms with Crippen LogP contribution in [0.15, 0.2) is 77.2 Å². The number of β-amino-alcohol motifs (C(OH)–C–C–N with tert-alkyl or cyclic N) is 1. The van der Waals surface area contributed by atoms with Gasteiger partial charge in [-0.3, -0.25) is 23.9 Å². The van der Waals surface area contributed by atoms with Crippen LogP contribution in [0.1, 0.15) is 167 Å². The number of piperidine rings is 1. The average molecular weight is 1120 g/mol. The Hall–Kier alpha value is -5.36. The molecule has 2 amide bonds. The summed E-state index contributed by atoms with van der Waals surface area (Å²) in [5.74, 6) is 1.86. The van der Waals surface area contributed by atoms with Gasteiger partial charge in [0.25, 0.3) is 5.56 Å². The maximum absolute atomic E-state index is 15.2. The molecule has 3 saturated heterocycles.